The fraction of sp³-hybridized carbons (Fsp3) is 0.353. The predicted molar refractivity (Wildman–Crippen MR) is 96.0 cm³/mol. The second-order valence-corrected chi connectivity index (χ2v) is 8.32. The number of carbonyl (C=O) groups is 1. The van der Waals surface area contributed by atoms with E-state index < -0.39 is 9.73 Å². The summed E-state index contributed by atoms with van der Waals surface area (Å²) >= 11 is 0. The molecule has 1 aliphatic rings. The number of hydrogen-bond donors (Lipinski definition) is 0. The molecule has 2 heterocycles. The van der Waals surface area contributed by atoms with E-state index in [1.165, 1.54) is 6.92 Å². The molecule has 1 aliphatic heterocycles. The molecule has 0 aliphatic carbocycles. The maximum atomic E-state index is 12.4. The number of ether oxygens (including phenoxy) is 1. The number of anilines is 1. The number of benzene rings is 1. The average Bonchev–Trinajstić information content (AvgIpc) is 2.61. The van der Waals surface area contributed by atoms with Gasteiger partial charge in [0.2, 0.25) is 5.95 Å². The molecular formula is C17H20N4O3S. The molecule has 0 spiro atoms. The highest BCUT2D eigenvalue weighted by atomic mass is 32.2. The Labute approximate surface area is 147 Å². The van der Waals surface area contributed by atoms with E-state index >= 15 is 0 Å². The smallest absolute Gasteiger partial charge is 0.250 e. The molecular weight excluding hydrogens is 340 g/mol. The third-order valence-corrected chi connectivity index (χ3v) is 6.03. The van der Waals surface area contributed by atoms with Gasteiger partial charge in [-0.05, 0) is 5.56 Å². The monoisotopic (exact) mass is 360 g/mol. The third-order valence-electron chi connectivity index (χ3n) is 3.80. The van der Waals surface area contributed by atoms with Crippen LogP contribution >= 0.6 is 0 Å². The summed E-state index contributed by atoms with van der Waals surface area (Å²) in [5.41, 5.74) is 1.08. The van der Waals surface area contributed by atoms with Gasteiger partial charge in [-0.15, -0.1) is 0 Å². The predicted octanol–water partition coefficient (Wildman–Crippen LogP) is 1.89. The van der Waals surface area contributed by atoms with Crippen molar-refractivity contribution in [1.29, 1.82) is 0 Å². The number of carbonyl (C=O) groups excluding carboxylic acids is 1. The van der Waals surface area contributed by atoms with Crippen LogP contribution in [0.1, 0.15) is 12.5 Å². The summed E-state index contributed by atoms with van der Waals surface area (Å²) in [6, 6.07) is 9.87. The molecule has 25 heavy (non-hydrogen) atoms. The van der Waals surface area contributed by atoms with Crippen molar-refractivity contribution in [1.82, 2.24) is 9.97 Å². The van der Waals surface area contributed by atoms with Gasteiger partial charge in [0, 0.05) is 31.5 Å². The van der Waals surface area contributed by atoms with Crippen molar-refractivity contribution in [2.24, 2.45) is 4.36 Å². The summed E-state index contributed by atoms with van der Waals surface area (Å²) in [5, 5.41) is 0. The zero-order valence-electron chi connectivity index (χ0n) is 14.0. The Hall–Kier alpha value is -2.48. The Morgan fingerprint density at radius 2 is 1.84 bits per heavy atom. The molecule has 1 aromatic heterocycles. The molecule has 0 unspecified atom stereocenters. The number of nitrogens with zero attached hydrogens (tertiary/aromatic N) is 4. The number of hydrogen-bond acceptors (Lipinski definition) is 6. The lowest BCUT2D eigenvalue weighted by Crippen LogP contribution is -2.41. The van der Waals surface area contributed by atoms with Gasteiger partial charge in [0.05, 0.1) is 22.1 Å². The molecule has 0 atom stereocenters. The highest BCUT2D eigenvalue weighted by Gasteiger charge is 2.22. The molecule has 0 radical (unpaired) electrons. The van der Waals surface area contributed by atoms with E-state index in [4.69, 9.17) is 4.74 Å². The number of aromatic nitrogens is 2. The zero-order chi connectivity index (χ0) is 17.7. The first kappa shape index (κ1) is 17.3. The first-order valence-electron chi connectivity index (χ1n) is 8.01. The molecule has 0 saturated carbocycles. The van der Waals surface area contributed by atoms with Crippen LogP contribution < -0.4 is 9.64 Å². The molecule has 1 fully saturated rings. The molecule has 1 amide bonds. The van der Waals surface area contributed by atoms with Crippen LogP contribution in [0.15, 0.2) is 47.1 Å². The van der Waals surface area contributed by atoms with Crippen molar-refractivity contribution in [3.05, 3.63) is 48.3 Å². The Balaban J connectivity index is 1.58. The quantitative estimate of drug-likeness (QED) is 0.828. The van der Waals surface area contributed by atoms with E-state index in [0.29, 0.717) is 42.9 Å². The first-order valence-corrected chi connectivity index (χ1v) is 9.86. The molecule has 1 saturated heterocycles. The van der Waals surface area contributed by atoms with Gasteiger partial charge in [-0.1, -0.05) is 30.3 Å². The summed E-state index contributed by atoms with van der Waals surface area (Å²) < 4.78 is 21.8. The topological polar surface area (TPSA) is 84.8 Å². The summed E-state index contributed by atoms with van der Waals surface area (Å²) in [7, 11) is -2.42. The zero-order valence-corrected chi connectivity index (χ0v) is 14.8. The standard InChI is InChI=1S/C17H20N4O3S/c1-14(22)20-25(23)9-7-21(8-10-25)17-18-11-16(12-19-17)24-13-15-5-3-2-4-6-15/h2-6,11-12H,7-10,13H2,1H3. The largest absolute Gasteiger partial charge is 0.486 e. The lowest BCUT2D eigenvalue weighted by Gasteiger charge is -2.28. The molecule has 1 aromatic carbocycles. The van der Waals surface area contributed by atoms with Gasteiger partial charge in [-0.2, -0.15) is 4.36 Å². The minimum Gasteiger partial charge on any atom is -0.486 e. The Morgan fingerprint density at radius 3 is 2.44 bits per heavy atom. The van der Waals surface area contributed by atoms with Gasteiger partial charge in [0.15, 0.2) is 5.75 Å². The second kappa shape index (κ2) is 7.60. The van der Waals surface area contributed by atoms with Gasteiger partial charge in [-0.3, -0.25) is 4.79 Å². The maximum absolute atomic E-state index is 12.4. The van der Waals surface area contributed by atoms with E-state index in [1.807, 2.05) is 35.2 Å². The summed E-state index contributed by atoms with van der Waals surface area (Å²) in [4.78, 5) is 21.7. The highest BCUT2D eigenvalue weighted by molar-refractivity contribution is 7.94. The van der Waals surface area contributed by atoms with Crippen LogP contribution in [0.2, 0.25) is 0 Å². The van der Waals surface area contributed by atoms with Crippen LogP contribution in [0.3, 0.4) is 0 Å². The normalized spacial score (nSPS) is 16.3. The Bertz CT molecular complexity index is 832. The Morgan fingerprint density at radius 1 is 1.20 bits per heavy atom. The van der Waals surface area contributed by atoms with Gasteiger partial charge >= 0.3 is 0 Å². The Kier molecular flexibility index (Phi) is 5.28. The number of rotatable bonds is 4. The molecule has 132 valence electrons. The molecule has 8 heteroatoms. The van der Waals surface area contributed by atoms with Crippen LogP contribution in [-0.2, 0) is 21.1 Å². The van der Waals surface area contributed by atoms with Crippen molar-refractivity contribution in [3.8, 4) is 5.75 Å². The lowest BCUT2D eigenvalue weighted by atomic mass is 10.2. The molecule has 2 aromatic rings. The van der Waals surface area contributed by atoms with E-state index in [2.05, 4.69) is 14.3 Å². The summed E-state index contributed by atoms with van der Waals surface area (Å²) in [5.74, 6) is 1.48. The van der Waals surface area contributed by atoms with Gasteiger partial charge < -0.3 is 9.64 Å². The maximum Gasteiger partial charge on any atom is 0.250 e. The lowest BCUT2D eigenvalue weighted by molar-refractivity contribution is -0.115. The minimum absolute atomic E-state index is 0.349. The van der Waals surface area contributed by atoms with Gasteiger partial charge in [0.1, 0.15) is 6.61 Å². The molecule has 7 nitrogen and oxygen atoms in total. The van der Waals surface area contributed by atoms with Crippen LogP contribution in [0.5, 0.6) is 5.75 Å². The van der Waals surface area contributed by atoms with Crippen LogP contribution in [0, 0.1) is 0 Å². The van der Waals surface area contributed by atoms with Crippen LogP contribution in [0.25, 0.3) is 0 Å². The minimum atomic E-state index is -2.42. The fourth-order valence-electron chi connectivity index (χ4n) is 2.53. The third kappa shape index (κ3) is 4.76. The van der Waals surface area contributed by atoms with Crippen LogP contribution in [-0.4, -0.2) is 44.7 Å². The van der Waals surface area contributed by atoms with Crippen molar-refractivity contribution < 1.29 is 13.7 Å². The van der Waals surface area contributed by atoms with E-state index in [0.717, 1.165) is 5.56 Å². The number of amides is 1. The van der Waals surface area contributed by atoms with Crippen molar-refractivity contribution in [2.45, 2.75) is 13.5 Å². The van der Waals surface area contributed by atoms with Crippen LogP contribution in [0.4, 0.5) is 5.95 Å². The molecule has 0 bridgehead atoms. The van der Waals surface area contributed by atoms with Gasteiger partial charge in [0.25, 0.3) is 5.91 Å². The summed E-state index contributed by atoms with van der Waals surface area (Å²) in [6.45, 7) is 2.82. The van der Waals surface area contributed by atoms with Crippen molar-refractivity contribution in [3.63, 3.8) is 0 Å². The van der Waals surface area contributed by atoms with Crippen molar-refractivity contribution in [2.75, 3.05) is 29.5 Å². The van der Waals surface area contributed by atoms with E-state index in [-0.39, 0.29) is 5.91 Å². The van der Waals surface area contributed by atoms with E-state index in [1.54, 1.807) is 12.4 Å². The fourth-order valence-corrected chi connectivity index (χ4v) is 4.40. The second-order valence-electron chi connectivity index (χ2n) is 5.77. The van der Waals surface area contributed by atoms with Gasteiger partial charge in [-0.25, -0.2) is 14.2 Å². The molecule has 3 rings (SSSR count). The molecule has 0 N–H and O–H groups in total. The summed E-state index contributed by atoms with van der Waals surface area (Å²) in [6.07, 6.45) is 3.27. The first-order chi connectivity index (χ1) is 12.0. The van der Waals surface area contributed by atoms with Crippen molar-refractivity contribution >= 4 is 21.6 Å². The SMILES string of the molecule is CC(=O)N=S1(=O)CCN(c2ncc(OCc3ccccc3)cn2)CC1. The van der Waals surface area contributed by atoms with E-state index in [9.17, 15) is 9.00 Å². The average molecular weight is 360 g/mol. The highest BCUT2D eigenvalue weighted by Crippen LogP contribution is 2.16.